The summed E-state index contributed by atoms with van der Waals surface area (Å²) in [5.41, 5.74) is -1.00. The number of nitriles is 1. The molecule has 1 aromatic carbocycles. The molecule has 1 N–H and O–H groups in total. The molecule has 0 aromatic heterocycles. The number of carbonyl (C=O) groups is 1. The van der Waals surface area contributed by atoms with Crippen molar-refractivity contribution in [2.24, 2.45) is 5.92 Å². The molecule has 0 aliphatic carbocycles. The molecule has 2 fully saturated rings. The van der Waals surface area contributed by atoms with Crippen LogP contribution in [0.2, 0.25) is 0 Å². The first-order valence-electron chi connectivity index (χ1n) is 7.23. The van der Waals surface area contributed by atoms with E-state index in [0.29, 0.717) is 19.3 Å². The zero-order valence-electron chi connectivity index (χ0n) is 12.0. The lowest BCUT2D eigenvalue weighted by molar-refractivity contribution is -0.206. The number of hydrogen-bond donors (Lipinski definition) is 1. The third-order valence-corrected chi connectivity index (χ3v) is 4.91. The number of hydroxylamine groups is 2. The van der Waals surface area contributed by atoms with Crippen LogP contribution in [0.1, 0.15) is 31.7 Å². The topological polar surface area (TPSA) is 73.6 Å². The van der Waals surface area contributed by atoms with E-state index in [1.54, 1.807) is 6.92 Å². The molecule has 5 heteroatoms. The summed E-state index contributed by atoms with van der Waals surface area (Å²) < 4.78 is 5.14. The largest absolute Gasteiger partial charge is 0.465 e. The van der Waals surface area contributed by atoms with Crippen molar-refractivity contribution < 1.29 is 14.7 Å². The molecule has 2 bridgehead atoms. The molecule has 3 rings (SSSR count). The van der Waals surface area contributed by atoms with Gasteiger partial charge < -0.3 is 9.94 Å². The Hall–Kier alpha value is -1.90. The lowest BCUT2D eigenvalue weighted by Crippen LogP contribution is -2.49. The van der Waals surface area contributed by atoms with Crippen LogP contribution < -0.4 is 0 Å². The Balaban J connectivity index is 2.07. The van der Waals surface area contributed by atoms with Gasteiger partial charge in [-0.05, 0) is 31.7 Å². The molecule has 0 spiro atoms. The van der Waals surface area contributed by atoms with Crippen molar-refractivity contribution >= 4 is 5.97 Å². The fourth-order valence-electron chi connectivity index (χ4n) is 3.89. The van der Waals surface area contributed by atoms with Crippen molar-refractivity contribution in [2.75, 3.05) is 6.61 Å². The van der Waals surface area contributed by atoms with Crippen molar-refractivity contribution in [1.29, 1.82) is 5.26 Å². The van der Waals surface area contributed by atoms with Gasteiger partial charge in [-0.3, -0.25) is 0 Å². The molecule has 0 amide bonds. The van der Waals surface area contributed by atoms with Gasteiger partial charge in [-0.2, -0.15) is 10.3 Å². The molecule has 3 atom stereocenters. The monoisotopic (exact) mass is 286 g/mol. The molecule has 5 nitrogen and oxygen atoms in total. The Morgan fingerprint density at radius 2 is 2.19 bits per heavy atom. The maximum atomic E-state index is 12.3. The summed E-state index contributed by atoms with van der Waals surface area (Å²) in [6, 6.07) is 11.7. The molecule has 1 aromatic rings. The lowest BCUT2D eigenvalue weighted by atomic mass is 9.71. The van der Waals surface area contributed by atoms with Crippen molar-refractivity contribution in [2.45, 2.75) is 37.3 Å². The summed E-state index contributed by atoms with van der Waals surface area (Å²) in [6.45, 7) is 2.01. The van der Waals surface area contributed by atoms with Gasteiger partial charge in [0.25, 0.3) is 0 Å². The van der Waals surface area contributed by atoms with Gasteiger partial charge in [0.2, 0.25) is 0 Å². The Bertz CT molecular complexity index is 597. The number of hydrogen-bond acceptors (Lipinski definition) is 5. The number of ether oxygens (including phenoxy) is 1. The van der Waals surface area contributed by atoms with Crippen LogP contribution in [0.5, 0.6) is 0 Å². The second kappa shape index (κ2) is 4.83. The SMILES string of the molecule is CCOC(=O)C12CCC(c3ccccc3)(C(C#N)C1)N2O. The highest BCUT2D eigenvalue weighted by molar-refractivity contribution is 5.82. The fourth-order valence-corrected chi connectivity index (χ4v) is 3.89. The quantitative estimate of drug-likeness (QED) is 0.862. The van der Waals surface area contributed by atoms with Gasteiger partial charge >= 0.3 is 5.97 Å². The van der Waals surface area contributed by atoms with E-state index < -0.39 is 23.0 Å². The first-order valence-corrected chi connectivity index (χ1v) is 7.23. The Labute approximate surface area is 123 Å². The average Bonchev–Trinajstić information content (AvgIpc) is 2.96. The summed E-state index contributed by atoms with van der Waals surface area (Å²) in [5.74, 6) is -0.855. The van der Waals surface area contributed by atoms with Crippen LogP contribution in [0.15, 0.2) is 30.3 Å². The number of esters is 1. The van der Waals surface area contributed by atoms with Gasteiger partial charge in [0.1, 0.15) is 5.54 Å². The first-order chi connectivity index (χ1) is 10.1. The van der Waals surface area contributed by atoms with Crippen LogP contribution in [0.4, 0.5) is 0 Å². The predicted molar refractivity (Wildman–Crippen MR) is 74.1 cm³/mol. The van der Waals surface area contributed by atoms with Crippen molar-refractivity contribution in [3.05, 3.63) is 35.9 Å². The summed E-state index contributed by atoms with van der Waals surface area (Å²) in [7, 11) is 0. The van der Waals surface area contributed by atoms with E-state index in [9.17, 15) is 15.3 Å². The standard InChI is InChI=1S/C16H18N2O3/c1-2-21-14(19)15-8-9-16(18(15)20,13(10-15)11-17)12-6-4-3-5-7-12/h3-7,13,20H,2,8-10H2,1H3. The first kappa shape index (κ1) is 14.1. The van der Waals surface area contributed by atoms with Crippen LogP contribution in [-0.2, 0) is 15.1 Å². The molecule has 0 radical (unpaired) electrons. The van der Waals surface area contributed by atoms with Crippen LogP contribution in [0, 0.1) is 17.2 Å². The molecular weight excluding hydrogens is 268 g/mol. The molecule has 2 saturated heterocycles. The maximum absolute atomic E-state index is 12.3. The summed E-state index contributed by atoms with van der Waals surface area (Å²) >= 11 is 0. The number of benzene rings is 1. The van der Waals surface area contributed by atoms with Crippen molar-refractivity contribution in [1.82, 2.24) is 5.06 Å². The number of rotatable bonds is 3. The van der Waals surface area contributed by atoms with Crippen molar-refractivity contribution in [3.63, 3.8) is 0 Å². The Kier molecular flexibility index (Phi) is 3.23. The van der Waals surface area contributed by atoms with E-state index in [-0.39, 0.29) is 6.61 Å². The zero-order chi connectivity index (χ0) is 15.1. The second-order valence-electron chi connectivity index (χ2n) is 5.74. The average molecular weight is 286 g/mol. The fraction of sp³-hybridized carbons (Fsp3) is 0.500. The van der Waals surface area contributed by atoms with E-state index in [2.05, 4.69) is 6.07 Å². The van der Waals surface area contributed by atoms with Crippen molar-refractivity contribution in [3.8, 4) is 6.07 Å². The highest BCUT2D eigenvalue weighted by atomic mass is 16.6. The third-order valence-electron chi connectivity index (χ3n) is 4.91. The minimum Gasteiger partial charge on any atom is -0.465 e. The zero-order valence-corrected chi connectivity index (χ0v) is 12.0. The minimum atomic E-state index is -1.08. The normalized spacial score (nSPS) is 34.6. The highest BCUT2D eigenvalue weighted by Gasteiger charge is 2.70. The van der Waals surface area contributed by atoms with Gasteiger partial charge in [-0.15, -0.1) is 0 Å². The Morgan fingerprint density at radius 3 is 2.81 bits per heavy atom. The van der Waals surface area contributed by atoms with E-state index in [1.807, 2.05) is 30.3 Å². The van der Waals surface area contributed by atoms with Crippen LogP contribution in [0.25, 0.3) is 0 Å². The van der Waals surface area contributed by atoms with Gasteiger partial charge in [-0.1, -0.05) is 30.3 Å². The summed E-state index contributed by atoms with van der Waals surface area (Å²) in [4.78, 5) is 12.3. The van der Waals surface area contributed by atoms with E-state index in [1.165, 1.54) is 0 Å². The van der Waals surface area contributed by atoms with E-state index in [4.69, 9.17) is 4.74 Å². The van der Waals surface area contributed by atoms with E-state index in [0.717, 1.165) is 10.6 Å². The number of fused-ring (bicyclic) bond motifs is 2. The molecule has 2 heterocycles. The lowest BCUT2D eigenvalue weighted by Gasteiger charge is -2.34. The number of nitrogens with zero attached hydrogens (tertiary/aromatic N) is 2. The predicted octanol–water partition coefficient (Wildman–Crippen LogP) is 2.21. The third kappa shape index (κ3) is 1.66. The van der Waals surface area contributed by atoms with Crippen LogP contribution in [0.3, 0.4) is 0 Å². The van der Waals surface area contributed by atoms with Gasteiger partial charge in [0.05, 0.1) is 24.1 Å². The van der Waals surface area contributed by atoms with E-state index >= 15 is 0 Å². The summed E-state index contributed by atoms with van der Waals surface area (Å²) in [6.07, 6.45) is 1.40. The minimum absolute atomic E-state index is 0.268. The molecule has 2 aliphatic heterocycles. The molecule has 21 heavy (non-hydrogen) atoms. The molecule has 0 saturated carbocycles. The van der Waals surface area contributed by atoms with Gasteiger partial charge in [0, 0.05) is 0 Å². The molecule has 2 aliphatic rings. The van der Waals surface area contributed by atoms with Crippen LogP contribution in [-0.4, -0.2) is 28.4 Å². The summed E-state index contributed by atoms with van der Waals surface area (Å²) in [5, 5.41) is 21.4. The highest BCUT2D eigenvalue weighted by Crippen LogP contribution is 2.60. The van der Waals surface area contributed by atoms with Gasteiger partial charge in [-0.25, -0.2) is 4.79 Å². The van der Waals surface area contributed by atoms with Crippen LogP contribution >= 0.6 is 0 Å². The Morgan fingerprint density at radius 1 is 1.48 bits per heavy atom. The second-order valence-corrected chi connectivity index (χ2v) is 5.74. The maximum Gasteiger partial charge on any atom is 0.328 e. The van der Waals surface area contributed by atoms with Gasteiger partial charge in [0.15, 0.2) is 0 Å². The molecule has 3 unspecified atom stereocenters. The number of carbonyl (C=O) groups excluding carboxylic acids is 1. The molecular formula is C16H18N2O3. The molecule has 110 valence electrons. The smallest absolute Gasteiger partial charge is 0.328 e.